The van der Waals surface area contributed by atoms with Crippen LogP contribution >= 0.6 is 15.9 Å². The van der Waals surface area contributed by atoms with Crippen LogP contribution in [0.3, 0.4) is 0 Å². The molecule has 1 saturated heterocycles. The third-order valence-electron chi connectivity index (χ3n) is 4.17. The highest BCUT2D eigenvalue weighted by molar-refractivity contribution is 9.11. The molecule has 0 unspecified atom stereocenters. The van der Waals surface area contributed by atoms with Crippen molar-refractivity contribution in [2.45, 2.75) is 52.2 Å². The van der Waals surface area contributed by atoms with Crippen molar-refractivity contribution in [3.05, 3.63) is 40.7 Å². The number of aromatic nitrogens is 1. The summed E-state index contributed by atoms with van der Waals surface area (Å²) in [7, 11) is 0. The van der Waals surface area contributed by atoms with Crippen LogP contribution in [0.15, 0.2) is 29.4 Å². The number of pyridine rings is 1. The Kier molecular flexibility index (Phi) is 7.03. The van der Waals surface area contributed by atoms with Crippen molar-refractivity contribution in [3.63, 3.8) is 0 Å². The molecule has 0 bridgehead atoms. The number of alkyl carbamates (subject to hydrolysis) is 1. The zero-order chi connectivity index (χ0) is 20.2. The first-order valence-electron chi connectivity index (χ1n) is 8.99. The minimum Gasteiger partial charge on any atom is -0.444 e. The maximum absolute atomic E-state index is 14.4. The van der Waals surface area contributed by atoms with Gasteiger partial charge in [-0.05, 0) is 52.7 Å². The molecule has 1 aromatic rings. The van der Waals surface area contributed by atoms with Crippen molar-refractivity contribution in [2.24, 2.45) is 0 Å². The number of ether oxygens (including phenoxy) is 1. The largest absolute Gasteiger partial charge is 0.444 e. The van der Waals surface area contributed by atoms with Crippen molar-refractivity contribution in [1.29, 1.82) is 0 Å². The van der Waals surface area contributed by atoms with E-state index < -0.39 is 17.5 Å². The van der Waals surface area contributed by atoms with Gasteiger partial charge in [0.05, 0.1) is 0 Å². The van der Waals surface area contributed by atoms with Crippen LogP contribution in [0.4, 0.5) is 14.9 Å². The van der Waals surface area contributed by atoms with Gasteiger partial charge in [-0.2, -0.15) is 0 Å². The average molecular weight is 440 g/mol. The number of carbonyl (C=O) groups excluding carboxylic acids is 1. The number of nitrogens with one attached hydrogen (secondary N) is 1. The minimum absolute atomic E-state index is 0.0210. The van der Waals surface area contributed by atoms with Crippen LogP contribution in [0.5, 0.6) is 0 Å². The summed E-state index contributed by atoms with van der Waals surface area (Å²) in [4.78, 5) is 18.4. The molecule has 7 heteroatoms. The normalized spacial score (nSPS) is 18.2. The van der Waals surface area contributed by atoms with Crippen LogP contribution in [-0.4, -0.2) is 35.8 Å². The Balaban J connectivity index is 2.14. The van der Waals surface area contributed by atoms with Gasteiger partial charge in [-0.1, -0.05) is 22.5 Å². The fraction of sp³-hybridized carbons (Fsp3) is 0.500. The number of piperidine rings is 1. The van der Waals surface area contributed by atoms with Gasteiger partial charge in [0, 0.05) is 41.1 Å². The second-order valence-corrected chi connectivity index (χ2v) is 8.69. The average Bonchev–Trinajstić information content (AvgIpc) is 2.52. The van der Waals surface area contributed by atoms with Gasteiger partial charge in [0.1, 0.15) is 17.1 Å². The van der Waals surface area contributed by atoms with E-state index in [1.165, 1.54) is 6.08 Å². The number of hydrogen-bond acceptors (Lipinski definition) is 4. The molecule has 2 heterocycles. The number of anilines is 1. The predicted octanol–water partition coefficient (Wildman–Crippen LogP) is 5.10. The van der Waals surface area contributed by atoms with Gasteiger partial charge < -0.3 is 15.0 Å². The molecule has 1 fully saturated rings. The van der Waals surface area contributed by atoms with E-state index in [1.807, 2.05) is 33.8 Å². The van der Waals surface area contributed by atoms with Crippen LogP contribution in [-0.2, 0) is 4.74 Å². The van der Waals surface area contributed by atoms with Crippen LogP contribution in [0.2, 0.25) is 0 Å². The van der Waals surface area contributed by atoms with E-state index in [0.717, 1.165) is 30.6 Å². The topological polar surface area (TPSA) is 54.5 Å². The van der Waals surface area contributed by atoms with Crippen LogP contribution in [0, 0.1) is 6.92 Å². The predicted molar refractivity (Wildman–Crippen MR) is 111 cm³/mol. The smallest absolute Gasteiger partial charge is 0.407 e. The van der Waals surface area contributed by atoms with Crippen molar-refractivity contribution >= 4 is 33.5 Å². The number of hydrogen-bond donors (Lipinski definition) is 1. The second kappa shape index (κ2) is 8.87. The zero-order valence-electron chi connectivity index (χ0n) is 16.3. The number of amides is 1. The van der Waals surface area contributed by atoms with Gasteiger partial charge in [-0.15, -0.1) is 0 Å². The number of carbonyl (C=O) groups is 1. The monoisotopic (exact) mass is 439 g/mol. The summed E-state index contributed by atoms with van der Waals surface area (Å²) in [6.07, 6.45) is 4.31. The molecule has 0 radical (unpaired) electrons. The summed E-state index contributed by atoms with van der Waals surface area (Å²) >= 11 is 3.14. The van der Waals surface area contributed by atoms with Crippen molar-refractivity contribution in [1.82, 2.24) is 10.3 Å². The lowest BCUT2D eigenvalue weighted by molar-refractivity contribution is 0.0500. The standard InChI is InChI=1S/C20H27BrFN3O2/c1-13(21)11-16(22)18-14(2)17(8-9-23-18)25-10-6-7-15(12-25)24-19(26)27-20(3,4)5/h8-9,11,15H,1,6-7,10,12H2,2-5H3,(H,24,26)/b16-11+/t15-/m0/s1. The summed E-state index contributed by atoms with van der Waals surface area (Å²) in [6, 6.07) is 1.86. The SMILES string of the molecule is C=C(Br)/C=C(/F)c1nccc(N2CCC[C@H](NC(=O)OC(C)(C)C)C2)c1C. The molecule has 0 aliphatic carbocycles. The van der Waals surface area contributed by atoms with E-state index in [2.05, 4.69) is 37.7 Å². The third kappa shape index (κ3) is 6.34. The molecule has 5 nitrogen and oxygen atoms in total. The lowest BCUT2D eigenvalue weighted by Gasteiger charge is -2.36. The van der Waals surface area contributed by atoms with E-state index >= 15 is 0 Å². The highest BCUT2D eigenvalue weighted by atomic mass is 79.9. The molecular weight excluding hydrogens is 413 g/mol. The molecule has 27 heavy (non-hydrogen) atoms. The lowest BCUT2D eigenvalue weighted by atomic mass is 10.0. The van der Waals surface area contributed by atoms with Gasteiger partial charge in [0.25, 0.3) is 0 Å². The fourth-order valence-electron chi connectivity index (χ4n) is 3.10. The second-order valence-electron chi connectivity index (χ2n) is 7.67. The molecule has 148 valence electrons. The Labute approximate surface area is 168 Å². The molecule has 1 atom stereocenters. The van der Waals surface area contributed by atoms with Crippen LogP contribution in [0.1, 0.15) is 44.9 Å². The summed E-state index contributed by atoms with van der Waals surface area (Å²) < 4.78 is 20.2. The number of halogens is 2. The van der Waals surface area contributed by atoms with Gasteiger partial charge in [-0.3, -0.25) is 4.98 Å². The van der Waals surface area contributed by atoms with Gasteiger partial charge in [0.15, 0.2) is 0 Å². The summed E-state index contributed by atoms with van der Waals surface area (Å²) in [5, 5.41) is 2.94. The molecular formula is C20H27BrFN3O2. The molecule has 1 N–H and O–H groups in total. The van der Waals surface area contributed by atoms with Crippen molar-refractivity contribution in [2.75, 3.05) is 18.0 Å². The Bertz CT molecular complexity index is 743. The number of nitrogens with zero attached hydrogens (tertiary/aromatic N) is 2. The highest BCUT2D eigenvalue weighted by Gasteiger charge is 2.25. The Hall–Kier alpha value is -1.89. The molecule has 1 aromatic heterocycles. The van der Waals surface area contributed by atoms with Gasteiger partial charge >= 0.3 is 6.09 Å². The van der Waals surface area contributed by atoms with Crippen LogP contribution in [0.25, 0.3) is 5.83 Å². The molecule has 0 saturated carbocycles. The molecule has 1 aliphatic rings. The van der Waals surface area contributed by atoms with Gasteiger partial charge in [0.2, 0.25) is 0 Å². The van der Waals surface area contributed by atoms with Gasteiger partial charge in [-0.25, -0.2) is 9.18 Å². The minimum atomic E-state index is -0.529. The molecule has 0 spiro atoms. The first-order valence-corrected chi connectivity index (χ1v) is 9.78. The van der Waals surface area contributed by atoms with Crippen molar-refractivity contribution in [3.8, 4) is 0 Å². The molecule has 0 aromatic carbocycles. The first-order chi connectivity index (χ1) is 12.6. The maximum atomic E-state index is 14.4. The van der Waals surface area contributed by atoms with E-state index in [4.69, 9.17) is 4.74 Å². The van der Waals surface area contributed by atoms with Crippen molar-refractivity contribution < 1.29 is 13.9 Å². The quantitative estimate of drug-likeness (QED) is 0.662. The van der Waals surface area contributed by atoms with E-state index in [9.17, 15) is 9.18 Å². The van der Waals surface area contributed by atoms with E-state index in [1.54, 1.807) is 6.20 Å². The third-order valence-corrected chi connectivity index (χ3v) is 4.40. The fourth-order valence-corrected chi connectivity index (χ4v) is 3.30. The Morgan fingerprint density at radius 2 is 2.22 bits per heavy atom. The van der Waals surface area contributed by atoms with Crippen LogP contribution < -0.4 is 10.2 Å². The summed E-state index contributed by atoms with van der Waals surface area (Å²) in [6.45, 7) is 12.5. The molecule has 2 rings (SSSR count). The maximum Gasteiger partial charge on any atom is 0.407 e. The summed E-state index contributed by atoms with van der Waals surface area (Å²) in [5.74, 6) is -0.434. The lowest BCUT2D eigenvalue weighted by Crippen LogP contribution is -2.49. The zero-order valence-corrected chi connectivity index (χ0v) is 17.9. The number of allylic oxidation sites excluding steroid dienone is 2. The number of rotatable bonds is 4. The first kappa shape index (κ1) is 21.4. The Morgan fingerprint density at radius 1 is 1.52 bits per heavy atom. The molecule has 1 amide bonds. The van der Waals surface area contributed by atoms with E-state index in [-0.39, 0.29) is 6.04 Å². The molecule has 1 aliphatic heterocycles. The Morgan fingerprint density at radius 3 is 2.85 bits per heavy atom. The highest BCUT2D eigenvalue weighted by Crippen LogP contribution is 2.29. The summed E-state index contributed by atoms with van der Waals surface area (Å²) in [5.41, 5.74) is 1.45. The van der Waals surface area contributed by atoms with E-state index in [0.29, 0.717) is 16.7 Å².